The summed E-state index contributed by atoms with van der Waals surface area (Å²) >= 11 is 5.94. The SMILES string of the molecule is CC(N)C1CCN(Cc2cc(Cl)ccc2OC(F)F)C1. The molecule has 0 amide bonds. The lowest BCUT2D eigenvalue weighted by Gasteiger charge is -2.19. The molecule has 0 aliphatic carbocycles. The van der Waals surface area contributed by atoms with Crippen molar-refractivity contribution < 1.29 is 13.5 Å². The Hall–Kier alpha value is -0.910. The molecule has 0 saturated carbocycles. The van der Waals surface area contributed by atoms with E-state index < -0.39 is 6.61 Å². The predicted molar refractivity (Wildman–Crippen MR) is 75.1 cm³/mol. The van der Waals surface area contributed by atoms with Crippen LogP contribution in [0.1, 0.15) is 18.9 Å². The summed E-state index contributed by atoms with van der Waals surface area (Å²) in [5.74, 6) is 0.641. The number of alkyl halides is 2. The Balaban J connectivity index is 2.06. The molecular weight excluding hydrogens is 286 g/mol. The van der Waals surface area contributed by atoms with Gasteiger partial charge in [-0.25, -0.2) is 0 Å². The Kier molecular flexibility index (Phi) is 5.18. The second-order valence-electron chi connectivity index (χ2n) is 5.27. The van der Waals surface area contributed by atoms with Gasteiger partial charge in [0.15, 0.2) is 0 Å². The molecule has 1 aromatic carbocycles. The molecule has 112 valence electrons. The van der Waals surface area contributed by atoms with Crippen LogP contribution in [0.4, 0.5) is 8.78 Å². The van der Waals surface area contributed by atoms with Crippen molar-refractivity contribution in [2.75, 3.05) is 13.1 Å². The average Bonchev–Trinajstić information content (AvgIpc) is 2.81. The van der Waals surface area contributed by atoms with E-state index >= 15 is 0 Å². The first-order valence-electron chi connectivity index (χ1n) is 6.67. The summed E-state index contributed by atoms with van der Waals surface area (Å²) in [5, 5.41) is 0.518. The minimum Gasteiger partial charge on any atom is -0.434 e. The molecule has 0 spiro atoms. The van der Waals surface area contributed by atoms with E-state index in [-0.39, 0.29) is 11.8 Å². The highest BCUT2D eigenvalue weighted by molar-refractivity contribution is 6.30. The van der Waals surface area contributed by atoms with Crippen LogP contribution < -0.4 is 10.5 Å². The predicted octanol–water partition coefficient (Wildman–Crippen LogP) is 3.11. The molecule has 20 heavy (non-hydrogen) atoms. The number of hydrogen-bond donors (Lipinski definition) is 1. The second kappa shape index (κ2) is 6.70. The summed E-state index contributed by atoms with van der Waals surface area (Å²) in [7, 11) is 0. The molecule has 2 unspecified atom stereocenters. The van der Waals surface area contributed by atoms with Crippen LogP contribution in [0.2, 0.25) is 5.02 Å². The van der Waals surface area contributed by atoms with Crippen molar-refractivity contribution in [3.8, 4) is 5.75 Å². The summed E-state index contributed by atoms with van der Waals surface area (Å²) in [4.78, 5) is 2.19. The van der Waals surface area contributed by atoms with Crippen molar-refractivity contribution in [1.29, 1.82) is 0 Å². The van der Waals surface area contributed by atoms with Gasteiger partial charge in [0.1, 0.15) is 5.75 Å². The Labute approximate surface area is 122 Å². The maximum Gasteiger partial charge on any atom is 0.387 e. The maximum atomic E-state index is 12.4. The van der Waals surface area contributed by atoms with Crippen LogP contribution in [-0.2, 0) is 6.54 Å². The number of nitrogens with two attached hydrogens (primary N) is 1. The van der Waals surface area contributed by atoms with E-state index in [1.165, 1.54) is 6.07 Å². The largest absolute Gasteiger partial charge is 0.434 e. The van der Waals surface area contributed by atoms with Gasteiger partial charge in [0.25, 0.3) is 0 Å². The zero-order chi connectivity index (χ0) is 14.7. The molecule has 3 nitrogen and oxygen atoms in total. The van der Waals surface area contributed by atoms with Gasteiger partial charge in [0.05, 0.1) is 0 Å². The molecular formula is C14H19ClF2N2O. The van der Waals surface area contributed by atoms with Crippen molar-refractivity contribution in [2.45, 2.75) is 32.5 Å². The fourth-order valence-electron chi connectivity index (χ4n) is 2.56. The van der Waals surface area contributed by atoms with Gasteiger partial charge in [0.2, 0.25) is 0 Å². The summed E-state index contributed by atoms with van der Waals surface area (Å²) in [6.07, 6.45) is 1.03. The molecule has 1 aliphatic rings. The molecule has 1 aromatic rings. The molecule has 1 heterocycles. The van der Waals surface area contributed by atoms with Gasteiger partial charge in [-0.1, -0.05) is 11.6 Å². The Morgan fingerprint density at radius 1 is 1.50 bits per heavy atom. The van der Waals surface area contributed by atoms with E-state index in [0.29, 0.717) is 23.0 Å². The van der Waals surface area contributed by atoms with E-state index in [1.807, 2.05) is 6.92 Å². The van der Waals surface area contributed by atoms with E-state index in [2.05, 4.69) is 9.64 Å². The molecule has 0 radical (unpaired) electrons. The Morgan fingerprint density at radius 2 is 2.25 bits per heavy atom. The summed E-state index contributed by atoms with van der Waals surface area (Å²) < 4.78 is 29.3. The zero-order valence-electron chi connectivity index (χ0n) is 11.4. The lowest BCUT2D eigenvalue weighted by atomic mass is 10.0. The quantitative estimate of drug-likeness (QED) is 0.908. The van der Waals surface area contributed by atoms with Crippen molar-refractivity contribution in [3.05, 3.63) is 28.8 Å². The van der Waals surface area contributed by atoms with Crippen molar-refractivity contribution in [3.63, 3.8) is 0 Å². The Bertz CT molecular complexity index is 457. The molecule has 1 saturated heterocycles. The van der Waals surface area contributed by atoms with E-state index in [0.717, 1.165) is 19.5 Å². The van der Waals surface area contributed by atoms with Crippen LogP contribution in [0, 0.1) is 5.92 Å². The molecule has 0 bridgehead atoms. The van der Waals surface area contributed by atoms with Gasteiger partial charge < -0.3 is 10.5 Å². The van der Waals surface area contributed by atoms with Crippen molar-refractivity contribution >= 4 is 11.6 Å². The minimum absolute atomic E-state index is 0.149. The number of rotatable bonds is 5. The van der Waals surface area contributed by atoms with E-state index in [4.69, 9.17) is 17.3 Å². The number of halogens is 3. The van der Waals surface area contributed by atoms with Gasteiger partial charge in [0, 0.05) is 29.7 Å². The second-order valence-corrected chi connectivity index (χ2v) is 5.71. The molecule has 2 atom stereocenters. The lowest BCUT2D eigenvalue weighted by Crippen LogP contribution is -2.29. The molecule has 2 N–H and O–H groups in total. The number of benzene rings is 1. The first-order chi connectivity index (χ1) is 9.45. The lowest BCUT2D eigenvalue weighted by molar-refractivity contribution is -0.0507. The molecule has 6 heteroatoms. The topological polar surface area (TPSA) is 38.5 Å². The number of ether oxygens (including phenoxy) is 1. The van der Waals surface area contributed by atoms with Gasteiger partial charge in [-0.05, 0) is 44.0 Å². The average molecular weight is 305 g/mol. The van der Waals surface area contributed by atoms with Crippen molar-refractivity contribution in [2.24, 2.45) is 11.7 Å². The van der Waals surface area contributed by atoms with Crippen LogP contribution in [0.25, 0.3) is 0 Å². The third-order valence-corrected chi connectivity index (χ3v) is 3.92. The van der Waals surface area contributed by atoms with Crippen molar-refractivity contribution in [1.82, 2.24) is 4.90 Å². The zero-order valence-corrected chi connectivity index (χ0v) is 12.1. The van der Waals surface area contributed by atoms with Gasteiger partial charge >= 0.3 is 6.61 Å². The standard InChI is InChI=1S/C14H19ClF2N2O/c1-9(18)10-4-5-19(7-10)8-11-6-12(15)2-3-13(11)20-14(16)17/h2-3,6,9-10,14H,4-5,7-8,18H2,1H3. The van der Waals surface area contributed by atoms with Crippen LogP contribution >= 0.6 is 11.6 Å². The van der Waals surface area contributed by atoms with Gasteiger partial charge in [-0.3, -0.25) is 4.90 Å². The molecule has 0 aromatic heterocycles. The highest BCUT2D eigenvalue weighted by Crippen LogP contribution is 2.28. The first kappa shape index (κ1) is 15.5. The summed E-state index contributed by atoms with van der Waals surface area (Å²) in [6, 6.07) is 4.87. The highest BCUT2D eigenvalue weighted by atomic mass is 35.5. The number of hydrogen-bond acceptors (Lipinski definition) is 3. The fraction of sp³-hybridized carbons (Fsp3) is 0.571. The summed E-state index contributed by atoms with van der Waals surface area (Å²) in [5.41, 5.74) is 6.59. The van der Waals surface area contributed by atoms with Gasteiger partial charge in [-0.15, -0.1) is 0 Å². The monoisotopic (exact) mass is 304 g/mol. The van der Waals surface area contributed by atoms with Crippen LogP contribution in [0.15, 0.2) is 18.2 Å². The maximum absolute atomic E-state index is 12.4. The van der Waals surface area contributed by atoms with Crippen LogP contribution in [0.5, 0.6) is 5.75 Å². The third-order valence-electron chi connectivity index (χ3n) is 3.68. The number of nitrogens with zero attached hydrogens (tertiary/aromatic N) is 1. The fourth-order valence-corrected chi connectivity index (χ4v) is 2.75. The highest BCUT2D eigenvalue weighted by Gasteiger charge is 2.26. The van der Waals surface area contributed by atoms with Gasteiger partial charge in [-0.2, -0.15) is 8.78 Å². The Morgan fingerprint density at radius 3 is 2.85 bits per heavy atom. The first-order valence-corrected chi connectivity index (χ1v) is 7.04. The van der Waals surface area contributed by atoms with Crippen LogP contribution in [0.3, 0.4) is 0 Å². The summed E-state index contributed by atoms with van der Waals surface area (Å²) in [6.45, 7) is 1.50. The third kappa shape index (κ3) is 4.04. The molecule has 1 aliphatic heterocycles. The molecule has 1 fully saturated rings. The van der Waals surface area contributed by atoms with E-state index in [9.17, 15) is 8.78 Å². The minimum atomic E-state index is -2.83. The number of likely N-dealkylation sites (tertiary alicyclic amines) is 1. The van der Waals surface area contributed by atoms with Crippen LogP contribution in [-0.4, -0.2) is 30.6 Å². The smallest absolute Gasteiger partial charge is 0.387 e. The van der Waals surface area contributed by atoms with E-state index in [1.54, 1.807) is 12.1 Å². The normalized spacial score (nSPS) is 21.4. The molecule has 2 rings (SSSR count).